The fraction of sp³-hybridized carbons (Fsp3) is 0.500. The Morgan fingerprint density at radius 1 is 1.11 bits per heavy atom. The summed E-state index contributed by atoms with van der Waals surface area (Å²) < 4.78 is 10.5. The first-order valence-electron chi connectivity index (χ1n) is 6.62. The maximum atomic E-state index is 9.96. The largest absolute Gasteiger partial charge is 0.454 e. The summed E-state index contributed by atoms with van der Waals surface area (Å²) in [6.07, 6.45) is 4.43. The lowest BCUT2D eigenvalue weighted by molar-refractivity contribution is -0.102. The van der Waals surface area contributed by atoms with Gasteiger partial charge in [-0.3, -0.25) is 0 Å². The predicted molar refractivity (Wildman–Crippen MR) is 69.1 cm³/mol. The first-order chi connectivity index (χ1) is 9.33. The van der Waals surface area contributed by atoms with Crippen LogP contribution in [0.4, 0.5) is 0 Å². The molecule has 0 bridgehead atoms. The standard InChI is InChI=1S/C14H17NO4/c16-14(19-15-11-4-2-1-3-5-11)10-6-7-12-13(8-10)18-9-17-12/h6-8,14,16H,1-5,9H2/t14-/m0/s1. The lowest BCUT2D eigenvalue weighted by Crippen LogP contribution is -2.07. The van der Waals surface area contributed by atoms with Crippen molar-refractivity contribution < 1.29 is 19.4 Å². The number of rotatable bonds is 3. The third-order valence-electron chi connectivity index (χ3n) is 3.39. The van der Waals surface area contributed by atoms with Crippen molar-refractivity contribution in [3.8, 4) is 11.5 Å². The molecule has 0 saturated heterocycles. The van der Waals surface area contributed by atoms with E-state index in [2.05, 4.69) is 5.16 Å². The van der Waals surface area contributed by atoms with E-state index in [1.807, 2.05) is 0 Å². The number of benzene rings is 1. The molecule has 1 aromatic rings. The lowest BCUT2D eigenvalue weighted by Gasteiger charge is -2.14. The quantitative estimate of drug-likeness (QED) is 0.673. The molecule has 102 valence electrons. The van der Waals surface area contributed by atoms with E-state index in [0.29, 0.717) is 17.1 Å². The molecule has 1 heterocycles. The van der Waals surface area contributed by atoms with Gasteiger partial charge in [0.05, 0.1) is 5.71 Å². The number of nitrogens with zero attached hydrogens (tertiary/aromatic N) is 1. The number of aliphatic hydroxyl groups is 1. The monoisotopic (exact) mass is 263 g/mol. The Kier molecular flexibility index (Phi) is 3.55. The normalized spacial score (nSPS) is 19.1. The minimum atomic E-state index is -1.07. The molecule has 5 nitrogen and oxygen atoms in total. The van der Waals surface area contributed by atoms with Gasteiger partial charge in [-0.2, -0.15) is 0 Å². The van der Waals surface area contributed by atoms with E-state index in [-0.39, 0.29) is 6.79 Å². The predicted octanol–water partition coefficient (Wildman–Crippen LogP) is 2.74. The zero-order chi connectivity index (χ0) is 13.1. The van der Waals surface area contributed by atoms with Gasteiger partial charge in [-0.1, -0.05) is 11.6 Å². The molecular formula is C14H17NO4. The summed E-state index contributed by atoms with van der Waals surface area (Å²) in [5.41, 5.74) is 1.65. The summed E-state index contributed by atoms with van der Waals surface area (Å²) in [6.45, 7) is 0.220. The Labute approximate surface area is 111 Å². The highest BCUT2D eigenvalue weighted by Crippen LogP contribution is 2.34. The van der Waals surface area contributed by atoms with Crippen molar-refractivity contribution in [2.45, 2.75) is 38.4 Å². The third-order valence-corrected chi connectivity index (χ3v) is 3.39. The van der Waals surface area contributed by atoms with Gasteiger partial charge in [-0.05, 0) is 43.9 Å². The van der Waals surface area contributed by atoms with Crippen LogP contribution in [0, 0.1) is 0 Å². The van der Waals surface area contributed by atoms with Gasteiger partial charge >= 0.3 is 0 Å². The number of fused-ring (bicyclic) bond motifs is 1. The summed E-state index contributed by atoms with van der Waals surface area (Å²) in [7, 11) is 0. The van der Waals surface area contributed by atoms with E-state index < -0.39 is 6.29 Å². The van der Waals surface area contributed by atoms with Gasteiger partial charge in [-0.25, -0.2) is 0 Å². The second-order valence-corrected chi connectivity index (χ2v) is 4.79. The van der Waals surface area contributed by atoms with Crippen molar-refractivity contribution in [3.63, 3.8) is 0 Å². The van der Waals surface area contributed by atoms with Crippen LogP contribution in [0.15, 0.2) is 23.4 Å². The molecule has 1 aliphatic heterocycles. The smallest absolute Gasteiger partial charge is 0.250 e. The minimum absolute atomic E-state index is 0.220. The topological polar surface area (TPSA) is 60.3 Å². The minimum Gasteiger partial charge on any atom is -0.454 e. The Balaban J connectivity index is 1.65. The maximum Gasteiger partial charge on any atom is 0.250 e. The van der Waals surface area contributed by atoms with Crippen molar-refractivity contribution >= 4 is 5.71 Å². The zero-order valence-electron chi connectivity index (χ0n) is 10.7. The second kappa shape index (κ2) is 5.48. The molecule has 1 saturated carbocycles. The first-order valence-corrected chi connectivity index (χ1v) is 6.62. The Hall–Kier alpha value is -1.75. The summed E-state index contributed by atoms with van der Waals surface area (Å²) in [6, 6.07) is 5.23. The van der Waals surface area contributed by atoms with Crippen molar-refractivity contribution in [3.05, 3.63) is 23.8 Å². The van der Waals surface area contributed by atoms with E-state index in [9.17, 15) is 5.11 Å². The second-order valence-electron chi connectivity index (χ2n) is 4.79. The van der Waals surface area contributed by atoms with Gasteiger partial charge in [0, 0.05) is 5.56 Å². The molecule has 5 heteroatoms. The van der Waals surface area contributed by atoms with Crippen molar-refractivity contribution in [2.24, 2.45) is 5.16 Å². The van der Waals surface area contributed by atoms with Crippen LogP contribution in [-0.2, 0) is 4.84 Å². The highest BCUT2D eigenvalue weighted by Gasteiger charge is 2.17. The van der Waals surface area contributed by atoms with Gasteiger partial charge < -0.3 is 19.4 Å². The van der Waals surface area contributed by atoms with Gasteiger partial charge in [0.2, 0.25) is 6.79 Å². The van der Waals surface area contributed by atoms with Crippen LogP contribution in [-0.4, -0.2) is 17.6 Å². The molecule has 0 amide bonds. The molecule has 1 atom stereocenters. The number of hydrogen-bond donors (Lipinski definition) is 1. The maximum absolute atomic E-state index is 9.96. The lowest BCUT2D eigenvalue weighted by atomic mass is 9.99. The third kappa shape index (κ3) is 2.81. The summed E-state index contributed by atoms with van der Waals surface area (Å²) >= 11 is 0. The molecule has 3 rings (SSSR count). The Morgan fingerprint density at radius 2 is 1.89 bits per heavy atom. The average molecular weight is 263 g/mol. The van der Waals surface area contributed by atoms with Crippen molar-refractivity contribution in [2.75, 3.05) is 6.79 Å². The molecule has 2 aliphatic rings. The van der Waals surface area contributed by atoms with Crippen LogP contribution in [0.25, 0.3) is 0 Å². The van der Waals surface area contributed by atoms with Crippen LogP contribution < -0.4 is 9.47 Å². The fourth-order valence-electron chi connectivity index (χ4n) is 2.30. The molecule has 1 fully saturated rings. The van der Waals surface area contributed by atoms with Crippen LogP contribution in [0.1, 0.15) is 44.0 Å². The van der Waals surface area contributed by atoms with Gasteiger partial charge in [0.1, 0.15) is 0 Å². The van der Waals surface area contributed by atoms with E-state index in [1.54, 1.807) is 18.2 Å². The molecule has 0 aromatic heterocycles. The number of oxime groups is 1. The summed E-state index contributed by atoms with van der Waals surface area (Å²) in [4.78, 5) is 5.17. The van der Waals surface area contributed by atoms with E-state index in [4.69, 9.17) is 14.3 Å². The molecule has 1 aromatic carbocycles. The van der Waals surface area contributed by atoms with Crippen LogP contribution in [0.5, 0.6) is 11.5 Å². The summed E-state index contributed by atoms with van der Waals surface area (Å²) in [5, 5.41) is 14.0. The molecule has 1 N–H and O–H groups in total. The van der Waals surface area contributed by atoms with E-state index >= 15 is 0 Å². The Morgan fingerprint density at radius 3 is 2.74 bits per heavy atom. The fourth-order valence-corrected chi connectivity index (χ4v) is 2.30. The number of ether oxygens (including phenoxy) is 2. The zero-order valence-corrected chi connectivity index (χ0v) is 10.7. The molecule has 19 heavy (non-hydrogen) atoms. The Bertz CT molecular complexity index is 478. The highest BCUT2D eigenvalue weighted by atomic mass is 16.7. The van der Waals surface area contributed by atoms with Crippen LogP contribution in [0.3, 0.4) is 0 Å². The van der Waals surface area contributed by atoms with Crippen LogP contribution in [0.2, 0.25) is 0 Å². The molecule has 0 radical (unpaired) electrons. The van der Waals surface area contributed by atoms with Crippen molar-refractivity contribution in [1.29, 1.82) is 0 Å². The van der Waals surface area contributed by atoms with Gasteiger partial charge in [0.15, 0.2) is 11.5 Å². The first kappa shape index (κ1) is 12.3. The number of hydrogen-bond acceptors (Lipinski definition) is 5. The van der Waals surface area contributed by atoms with Gasteiger partial charge in [0.25, 0.3) is 6.29 Å². The van der Waals surface area contributed by atoms with Crippen molar-refractivity contribution in [1.82, 2.24) is 0 Å². The van der Waals surface area contributed by atoms with Gasteiger partial charge in [-0.15, -0.1) is 0 Å². The summed E-state index contributed by atoms with van der Waals surface area (Å²) in [5.74, 6) is 1.32. The molecule has 0 spiro atoms. The van der Waals surface area contributed by atoms with Crippen LogP contribution >= 0.6 is 0 Å². The average Bonchev–Trinajstić information content (AvgIpc) is 2.93. The molecular weight excluding hydrogens is 246 g/mol. The highest BCUT2D eigenvalue weighted by molar-refractivity contribution is 5.84. The van der Waals surface area contributed by atoms with E-state index in [1.165, 1.54) is 6.42 Å². The number of aliphatic hydroxyl groups excluding tert-OH is 1. The van der Waals surface area contributed by atoms with E-state index in [0.717, 1.165) is 31.4 Å². The molecule has 0 unspecified atom stereocenters. The molecule has 1 aliphatic carbocycles. The SMILES string of the molecule is O[C@@H](ON=C1CCCCC1)c1ccc2c(c1)OCO2.